The number of benzene rings is 3. The highest BCUT2D eigenvalue weighted by Gasteiger charge is 2.26. The van der Waals surface area contributed by atoms with Crippen LogP contribution in [0.25, 0.3) is 11.1 Å². The molecule has 1 fully saturated rings. The van der Waals surface area contributed by atoms with Crippen molar-refractivity contribution in [2.24, 2.45) is 0 Å². The second kappa shape index (κ2) is 8.51. The highest BCUT2D eigenvalue weighted by atomic mass is 35.5. The monoisotopic (exact) mass is 389 g/mol. The van der Waals surface area contributed by atoms with Gasteiger partial charge in [-0.3, -0.25) is 4.90 Å². The van der Waals surface area contributed by atoms with E-state index in [1.165, 1.54) is 40.7 Å². The maximum Gasteiger partial charge on any atom is 0.0406 e. The molecule has 3 aromatic rings. The van der Waals surface area contributed by atoms with Gasteiger partial charge in [0.25, 0.3) is 0 Å². The van der Waals surface area contributed by atoms with E-state index in [0.29, 0.717) is 12.0 Å². The van der Waals surface area contributed by atoms with E-state index >= 15 is 0 Å². The largest absolute Gasteiger partial charge is 0.292 e. The SMILES string of the molecule is CC(C)c1ccccc1-c1ccccc1CN1CCC[C@@H]1c1ccc(Cl)cc1. The van der Waals surface area contributed by atoms with Crippen LogP contribution in [0.15, 0.2) is 72.8 Å². The van der Waals surface area contributed by atoms with Crippen LogP contribution in [0.1, 0.15) is 55.3 Å². The van der Waals surface area contributed by atoms with Crippen molar-refractivity contribution >= 4 is 11.6 Å². The Balaban J connectivity index is 1.65. The van der Waals surface area contributed by atoms with Gasteiger partial charge in [0.05, 0.1) is 0 Å². The second-order valence-corrected chi connectivity index (χ2v) is 8.52. The Labute approximate surface area is 174 Å². The molecular formula is C26H28ClN. The zero-order chi connectivity index (χ0) is 19.5. The van der Waals surface area contributed by atoms with Crippen LogP contribution in [0.2, 0.25) is 5.02 Å². The van der Waals surface area contributed by atoms with Crippen LogP contribution in [0.5, 0.6) is 0 Å². The zero-order valence-electron chi connectivity index (χ0n) is 16.7. The Bertz CT molecular complexity index is 929. The normalized spacial score (nSPS) is 17.4. The quantitative estimate of drug-likeness (QED) is 0.437. The van der Waals surface area contributed by atoms with Crippen molar-refractivity contribution in [1.29, 1.82) is 0 Å². The molecule has 1 heterocycles. The standard InChI is InChI=1S/C26H28ClN/c1-19(2)23-9-5-6-11-25(23)24-10-4-3-8-21(24)18-28-17-7-12-26(28)20-13-15-22(27)16-14-20/h3-6,8-11,13-16,19,26H,7,12,17-18H2,1-2H3/t26-/m1/s1. The molecule has 144 valence electrons. The van der Waals surface area contributed by atoms with Crippen molar-refractivity contribution in [2.45, 2.75) is 45.2 Å². The summed E-state index contributed by atoms with van der Waals surface area (Å²) in [6.07, 6.45) is 2.46. The van der Waals surface area contributed by atoms with Crippen molar-refractivity contribution in [1.82, 2.24) is 4.90 Å². The molecule has 0 N–H and O–H groups in total. The molecule has 0 unspecified atom stereocenters. The summed E-state index contributed by atoms with van der Waals surface area (Å²) in [6.45, 7) is 6.68. The first-order valence-corrected chi connectivity index (χ1v) is 10.7. The van der Waals surface area contributed by atoms with E-state index in [2.05, 4.69) is 79.4 Å². The lowest BCUT2D eigenvalue weighted by Gasteiger charge is -2.26. The third-order valence-corrected chi connectivity index (χ3v) is 6.13. The second-order valence-electron chi connectivity index (χ2n) is 8.08. The maximum atomic E-state index is 6.10. The van der Waals surface area contributed by atoms with Gasteiger partial charge < -0.3 is 0 Å². The molecule has 0 saturated carbocycles. The summed E-state index contributed by atoms with van der Waals surface area (Å²) in [6, 6.07) is 26.6. The van der Waals surface area contributed by atoms with Crippen LogP contribution in [-0.4, -0.2) is 11.4 Å². The molecule has 2 heteroatoms. The molecule has 4 rings (SSSR count). The molecule has 0 amide bonds. The predicted molar refractivity (Wildman–Crippen MR) is 120 cm³/mol. The van der Waals surface area contributed by atoms with E-state index in [0.717, 1.165) is 18.1 Å². The number of likely N-dealkylation sites (tertiary alicyclic amines) is 1. The van der Waals surface area contributed by atoms with Crippen LogP contribution in [0.3, 0.4) is 0 Å². The van der Waals surface area contributed by atoms with Gasteiger partial charge in [-0.2, -0.15) is 0 Å². The van der Waals surface area contributed by atoms with E-state index < -0.39 is 0 Å². The molecule has 1 aliphatic rings. The summed E-state index contributed by atoms with van der Waals surface area (Å²) in [5.74, 6) is 0.512. The van der Waals surface area contributed by atoms with Gasteiger partial charge in [-0.05, 0) is 65.3 Å². The van der Waals surface area contributed by atoms with E-state index in [9.17, 15) is 0 Å². The molecule has 0 aliphatic carbocycles. The topological polar surface area (TPSA) is 3.24 Å². The van der Waals surface area contributed by atoms with Gasteiger partial charge in [-0.15, -0.1) is 0 Å². The van der Waals surface area contributed by atoms with Crippen LogP contribution in [0, 0.1) is 0 Å². The molecular weight excluding hydrogens is 362 g/mol. The van der Waals surface area contributed by atoms with Crippen LogP contribution in [-0.2, 0) is 6.54 Å². The third-order valence-electron chi connectivity index (χ3n) is 5.88. The van der Waals surface area contributed by atoms with Gasteiger partial charge >= 0.3 is 0 Å². The van der Waals surface area contributed by atoms with Crippen LogP contribution in [0.4, 0.5) is 0 Å². The summed E-state index contributed by atoms with van der Waals surface area (Å²) in [5, 5.41) is 0.809. The molecule has 1 saturated heterocycles. The van der Waals surface area contributed by atoms with Gasteiger partial charge in [-0.25, -0.2) is 0 Å². The smallest absolute Gasteiger partial charge is 0.0406 e. The summed E-state index contributed by atoms with van der Waals surface area (Å²) in [4.78, 5) is 2.63. The van der Waals surface area contributed by atoms with Crippen LogP contribution < -0.4 is 0 Å². The van der Waals surface area contributed by atoms with Gasteiger partial charge in [0.1, 0.15) is 0 Å². The summed E-state index contributed by atoms with van der Waals surface area (Å²) < 4.78 is 0. The lowest BCUT2D eigenvalue weighted by atomic mass is 9.90. The molecule has 0 radical (unpaired) electrons. The van der Waals surface area contributed by atoms with Gasteiger partial charge in [-0.1, -0.05) is 86.1 Å². The van der Waals surface area contributed by atoms with E-state index in [1.54, 1.807) is 0 Å². The Morgan fingerprint density at radius 2 is 1.57 bits per heavy atom. The summed E-state index contributed by atoms with van der Waals surface area (Å²) in [5.41, 5.74) is 6.95. The fraction of sp³-hybridized carbons (Fsp3) is 0.308. The Morgan fingerprint density at radius 1 is 0.893 bits per heavy atom. The molecule has 1 aliphatic heterocycles. The highest BCUT2D eigenvalue weighted by molar-refractivity contribution is 6.30. The molecule has 1 atom stereocenters. The number of rotatable bonds is 5. The van der Waals surface area contributed by atoms with Crippen molar-refractivity contribution in [3.8, 4) is 11.1 Å². The number of halogens is 1. The highest BCUT2D eigenvalue weighted by Crippen LogP contribution is 2.37. The van der Waals surface area contributed by atoms with Crippen molar-refractivity contribution in [3.05, 3.63) is 94.5 Å². The minimum atomic E-state index is 0.477. The Hall–Kier alpha value is -2.09. The van der Waals surface area contributed by atoms with Gasteiger partial charge in [0.15, 0.2) is 0 Å². The van der Waals surface area contributed by atoms with Crippen molar-refractivity contribution in [3.63, 3.8) is 0 Å². The first-order valence-electron chi connectivity index (χ1n) is 10.3. The molecule has 1 nitrogen and oxygen atoms in total. The lowest BCUT2D eigenvalue weighted by molar-refractivity contribution is 0.249. The van der Waals surface area contributed by atoms with Crippen molar-refractivity contribution < 1.29 is 0 Å². The minimum absolute atomic E-state index is 0.477. The summed E-state index contributed by atoms with van der Waals surface area (Å²) in [7, 11) is 0. The molecule has 0 bridgehead atoms. The molecule has 0 aromatic heterocycles. The maximum absolute atomic E-state index is 6.10. The van der Waals surface area contributed by atoms with Crippen LogP contribution >= 0.6 is 11.6 Å². The lowest BCUT2D eigenvalue weighted by Crippen LogP contribution is -2.23. The Morgan fingerprint density at radius 3 is 2.32 bits per heavy atom. The fourth-order valence-electron chi connectivity index (χ4n) is 4.46. The van der Waals surface area contributed by atoms with E-state index in [-0.39, 0.29) is 0 Å². The van der Waals surface area contributed by atoms with Gasteiger partial charge in [0.2, 0.25) is 0 Å². The minimum Gasteiger partial charge on any atom is -0.292 e. The zero-order valence-corrected chi connectivity index (χ0v) is 17.5. The first-order chi connectivity index (χ1) is 13.6. The number of hydrogen-bond acceptors (Lipinski definition) is 1. The third kappa shape index (κ3) is 4.01. The molecule has 3 aromatic carbocycles. The van der Waals surface area contributed by atoms with E-state index in [4.69, 9.17) is 11.6 Å². The van der Waals surface area contributed by atoms with E-state index in [1.807, 2.05) is 12.1 Å². The predicted octanol–water partition coefficient (Wildman–Crippen LogP) is 7.47. The average Bonchev–Trinajstić information content (AvgIpc) is 3.17. The van der Waals surface area contributed by atoms with Crippen molar-refractivity contribution in [2.75, 3.05) is 6.54 Å². The average molecular weight is 390 g/mol. The number of hydrogen-bond donors (Lipinski definition) is 0. The number of nitrogens with zero attached hydrogens (tertiary/aromatic N) is 1. The van der Waals surface area contributed by atoms with Gasteiger partial charge in [0, 0.05) is 17.6 Å². The fourth-order valence-corrected chi connectivity index (χ4v) is 4.59. The molecule has 28 heavy (non-hydrogen) atoms. The Kier molecular flexibility index (Phi) is 5.85. The molecule has 0 spiro atoms. The summed E-state index contributed by atoms with van der Waals surface area (Å²) >= 11 is 6.10. The first kappa shape index (κ1) is 19.2.